The summed E-state index contributed by atoms with van der Waals surface area (Å²) >= 11 is 5.79. The number of carbonyl (C=O) groups excluding carboxylic acids is 1. The van der Waals surface area contributed by atoms with Crippen LogP contribution in [0.4, 0.5) is 0 Å². The highest BCUT2D eigenvalue weighted by Gasteiger charge is 2.32. The summed E-state index contributed by atoms with van der Waals surface area (Å²) in [5, 5.41) is 0.655. The van der Waals surface area contributed by atoms with Crippen LogP contribution in [0.5, 0.6) is 5.75 Å². The summed E-state index contributed by atoms with van der Waals surface area (Å²) in [5.41, 5.74) is -0.209. The molecule has 100 valence electrons. The Morgan fingerprint density at radius 2 is 1.83 bits per heavy atom. The lowest BCUT2D eigenvalue weighted by molar-refractivity contribution is -0.150. The van der Waals surface area contributed by atoms with Crippen molar-refractivity contribution in [3.63, 3.8) is 0 Å². The van der Waals surface area contributed by atoms with E-state index in [1.807, 2.05) is 20.8 Å². The lowest BCUT2D eigenvalue weighted by Gasteiger charge is -2.28. The molecule has 0 radical (unpaired) electrons. The summed E-state index contributed by atoms with van der Waals surface area (Å²) in [5.74, 6) is 0.132. The highest BCUT2D eigenvalue weighted by Crippen LogP contribution is 2.28. The molecule has 0 heterocycles. The van der Waals surface area contributed by atoms with E-state index in [4.69, 9.17) is 21.1 Å². The molecule has 0 saturated carbocycles. The van der Waals surface area contributed by atoms with Gasteiger partial charge in [-0.15, -0.1) is 0 Å². The number of rotatable bonds is 4. The SMILES string of the molecule is COC(=O)C(COc1ccc(Cl)cc1)C(C)(C)C. The molecule has 0 amide bonds. The molecule has 1 atom stereocenters. The lowest BCUT2D eigenvalue weighted by Crippen LogP contribution is -2.34. The zero-order chi connectivity index (χ0) is 13.8. The molecule has 1 unspecified atom stereocenters. The number of ether oxygens (including phenoxy) is 2. The van der Waals surface area contributed by atoms with Gasteiger partial charge in [0, 0.05) is 5.02 Å². The Morgan fingerprint density at radius 1 is 1.28 bits per heavy atom. The number of halogens is 1. The molecule has 18 heavy (non-hydrogen) atoms. The average Bonchev–Trinajstić information content (AvgIpc) is 2.29. The van der Waals surface area contributed by atoms with Crippen molar-refractivity contribution >= 4 is 17.6 Å². The van der Waals surface area contributed by atoms with Crippen LogP contribution in [0.2, 0.25) is 5.02 Å². The number of methoxy groups -OCH3 is 1. The van der Waals surface area contributed by atoms with Crippen LogP contribution < -0.4 is 4.74 Å². The van der Waals surface area contributed by atoms with E-state index in [0.717, 1.165) is 0 Å². The molecule has 0 spiro atoms. The zero-order valence-corrected chi connectivity index (χ0v) is 12.0. The number of hydrogen-bond donors (Lipinski definition) is 0. The van der Waals surface area contributed by atoms with E-state index in [1.165, 1.54) is 7.11 Å². The van der Waals surface area contributed by atoms with Crippen LogP contribution in [-0.4, -0.2) is 19.7 Å². The van der Waals surface area contributed by atoms with E-state index in [1.54, 1.807) is 24.3 Å². The van der Waals surface area contributed by atoms with Gasteiger partial charge in [0.2, 0.25) is 0 Å². The van der Waals surface area contributed by atoms with Crippen molar-refractivity contribution in [3.05, 3.63) is 29.3 Å². The fourth-order valence-corrected chi connectivity index (χ4v) is 1.65. The summed E-state index contributed by atoms with van der Waals surface area (Å²) in [6, 6.07) is 7.06. The van der Waals surface area contributed by atoms with Crippen molar-refractivity contribution in [3.8, 4) is 5.75 Å². The van der Waals surface area contributed by atoms with Gasteiger partial charge in [0.25, 0.3) is 0 Å². The minimum atomic E-state index is -0.307. The third-order valence-corrected chi connectivity index (χ3v) is 3.01. The van der Waals surface area contributed by atoms with E-state index >= 15 is 0 Å². The topological polar surface area (TPSA) is 35.5 Å². The van der Waals surface area contributed by atoms with Crippen LogP contribution in [-0.2, 0) is 9.53 Å². The van der Waals surface area contributed by atoms with Gasteiger partial charge >= 0.3 is 5.97 Å². The fraction of sp³-hybridized carbons (Fsp3) is 0.500. The second-order valence-electron chi connectivity index (χ2n) is 5.21. The van der Waals surface area contributed by atoms with Crippen LogP contribution in [0.3, 0.4) is 0 Å². The Balaban J connectivity index is 2.68. The Labute approximate surface area is 113 Å². The van der Waals surface area contributed by atoms with Crippen molar-refractivity contribution < 1.29 is 14.3 Å². The third-order valence-electron chi connectivity index (χ3n) is 2.76. The van der Waals surface area contributed by atoms with E-state index < -0.39 is 0 Å². The largest absolute Gasteiger partial charge is 0.493 e. The van der Waals surface area contributed by atoms with Crippen molar-refractivity contribution in [1.29, 1.82) is 0 Å². The molecule has 0 fully saturated rings. The van der Waals surface area contributed by atoms with Crippen LogP contribution in [0.15, 0.2) is 24.3 Å². The van der Waals surface area contributed by atoms with Gasteiger partial charge in [0.1, 0.15) is 12.4 Å². The Bertz CT molecular complexity index is 392. The lowest BCUT2D eigenvalue weighted by atomic mass is 9.81. The number of benzene rings is 1. The smallest absolute Gasteiger partial charge is 0.312 e. The van der Waals surface area contributed by atoms with Crippen LogP contribution in [0.25, 0.3) is 0 Å². The monoisotopic (exact) mass is 270 g/mol. The molecule has 0 aromatic heterocycles. The van der Waals surface area contributed by atoms with Gasteiger partial charge in [-0.3, -0.25) is 4.79 Å². The number of esters is 1. The predicted molar refractivity (Wildman–Crippen MR) is 71.9 cm³/mol. The first-order chi connectivity index (χ1) is 8.34. The summed E-state index contributed by atoms with van der Waals surface area (Å²) < 4.78 is 10.4. The van der Waals surface area contributed by atoms with Gasteiger partial charge in [-0.2, -0.15) is 0 Å². The van der Waals surface area contributed by atoms with Gasteiger partial charge in [0.15, 0.2) is 0 Å². The molecule has 0 aliphatic rings. The first-order valence-corrected chi connectivity index (χ1v) is 6.18. The molecular weight excluding hydrogens is 252 g/mol. The third kappa shape index (κ3) is 4.22. The van der Waals surface area contributed by atoms with Crippen LogP contribution in [0, 0.1) is 11.3 Å². The molecule has 1 aromatic carbocycles. The van der Waals surface area contributed by atoms with Gasteiger partial charge in [0.05, 0.1) is 13.0 Å². The standard InChI is InChI=1S/C14H19ClO3/c1-14(2,3)12(13(16)17-4)9-18-11-7-5-10(15)6-8-11/h5-8,12H,9H2,1-4H3. The zero-order valence-electron chi connectivity index (χ0n) is 11.2. The van der Waals surface area contributed by atoms with Crippen molar-refractivity contribution in [2.45, 2.75) is 20.8 Å². The van der Waals surface area contributed by atoms with Gasteiger partial charge in [-0.05, 0) is 29.7 Å². The maximum atomic E-state index is 11.7. The van der Waals surface area contributed by atoms with Gasteiger partial charge < -0.3 is 9.47 Å². The van der Waals surface area contributed by atoms with E-state index in [2.05, 4.69) is 0 Å². The summed E-state index contributed by atoms with van der Waals surface area (Å²) in [7, 11) is 1.39. The molecule has 0 bridgehead atoms. The normalized spacial score (nSPS) is 12.9. The Kier molecular flexibility index (Phi) is 5.03. The minimum absolute atomic E-state index is 0.209. The molecule has 0 aliphatic carbocycles. The van der Waals surface area contributed by atoms with Crippen molar-refractivity contribution in [2.24, 2.45) is 11.3 Å². The maximum absolute atomic E-state index is 11.7. The highest BCUT2D eigenvalue weighted by atomic mass is 35.5. The molecule has 1 aromatic rings. The average molecular weight is 271 g/mol. The summed E-state index contributed by atoms with van der Waals surface area (Å²) in [4.78, 5) is 11.7. The first-order valence-electron chi connectivity index (χ1n) is 5.81. The first kappa shape index (κ1) is 14.8. The van der Waals surface area contributed by atoms with Crippen molar-refractivity contribution in [1.82, 2.24) is 0 Å². The van der Waals surface area contributed by atoms with E-state index in [0.29, 0.717) is 10.8 Å². The second kappa shape index (κ2) is 6.10. The maximum Gasteiger partial charge on any atom is 0.312 e. The fourth-order valence-electron chi connectivity index (χ4n) is 1.52. The Morgan fingerprint density at radius 3 is 2.28 bits per heavy atom. The number of hydrogen-bond acceptors (Lipinski definition) is 3. The Hall–Kier alpha value is -1.22. The van der Waals surface area contributed by atoms with Crippen LogP contribution in [0.1, 0.15) is 20.8 Å². The highest BCUT2D eigenvalue weighted by molar-refractivity contribution is 6.30. The van der Waals surface area contributed by atoms with Crippen molar-refractivity contribution in [2.75, 3.05) is 13.7 Å². The second-order valence-corrected chi connectivity index (χ2v) is 5.64. The predicted octanol–water partition coefficient (Wildman–Crippen LogP) is 3.55. The van der Waals surface area contributed by atoms with E-state index in [9.17, 15) is 4.79 Å². The molecular formula is C14H19ClO3. The molecule has 0 N–H and O–H groups in total. The molecule has 1 rings (SSSR count). The minimum Gasteiger partial charge on any atom is -0.493 e. The number of carbonyl (C=O) groups is 1. The van der Waals surface area contributed by atoms with Gasteiger partial charge in [-0.25, -0.2) is 0 Å². The molecule has 3 nitrogen and oxygen atoms in total. The summed E-state index contributed by atoms with van der Waals surface area (Å²) in [6.45, 7) is 6.25. The van der Waals surface area contributed by atoms with Crippen LogP contribution >= 0.6 is 11.6 Å². The molecule has 0 aliphatic heterocycles. The van der Waals surface area contributed by atoms with E-state index in [-0.39, 0.29) is 23.9 Å². The quantitative estimate of drug-likeness (QED) is 0.785. The molecule has 4 heteroatoms. The summed E-state index contributed by atoms with van der Waals surface area (Å²) in [6.07, 6.45) is 0. The van der Waals surface area contributed by atoms with Gasteiger partial charge in [-0.1, -0.05) is 32.4 Å². The molecule has 0 saturated heterocycles.